The molecule has 2 heterocycles. The Morgan fingerprint density at radius 2 is 0.760 bits per heavy atom. The van der Waals surface area contributed by atoms with Gasteiger partial charge in [0.05, 0.1) is 5.41 Å². The SMILES string of the molecule is c1ccc(-c2nc(-c3ccccc3)nc(-c3cccc(-c4ccccc4C4(c5ccccc5)c5ccccc5Oc5ccccc54)c3)n2)cc1. The molecule has 0 bridgehead atoms. The highest BCUT2D eigenvalue weighted by molar-refractivity contribution is 5.80. The molecule has 7 aromatic carbocycles. The minimum Gasteiger partial charge on any atom is -0.457 e. The molecule has 0 atom stereocenters. The van der Waals surface area contributed by atoms with Crippen LogP contribution in [-0.4, -0.2) is 15.0 Å². The van der Waals surface area contributed by atoms with Crippen LogP contribution in [0.25, 0.3) is 45.3 Å². The number of ether oxygens (including phenoxy) is 1. The summed E-state index contributed by atoms with van der Waals surface area (Å²) in [4.78, 5) is 15.0. The molecule has 9 rings (SSSR count). The van der Waals surface area contributed by atoms with Gasteiger partial charge in [-0.3, -0.25) is 0 Å². The molecule has 4 heteroatoms. The van der Waals surface area contributed by atoms with E-state index < -0.39 is 5.41 Å². The number of hydrogen-bond acceptors (Lipinski definition) is 4. The zero-order valence-electron chi connectivity index (χ0n) is 27.1. The van der Waals surface area contributed by atoms with Crippen molar-refractivity contribution in [3.63, 3.8) is 0 Å². The van der Waals surface area contributed by atoms with Crippen molar-refractivity contribution in [1.82, 2.24) is 15.0 Å². The van der Waals surface area contributed by atoms with E-state index in [4.69, 9.17) is 19.7 Å². The van der Waals surface area contributed by atoms with E-state index in [1.54, 1.807) is 0 Å². The Bertz CT molecular complexity index is 2360. The first-order valence-electron chi connectivity index (χ1n) is 16.8. The second kappa shape index (κ2) is 12.4. The molecule has 4 nitrogen and oxygen atoms in total. The van der Waals surface area contributed by atoms with E-state index in [-0.39, 0.29) is 0 Å². The van der Waals surface area contributed by atoms with Gasteiger partial charge < -0.3 is 4.74 Å². The Kier molecular flexibility index (Phi) is 7.33. The van der Waals surface area contributed by atoms with Crippen molar-refractivity contribution in [3.05, 3.63) is 210 Å². The molecule has 0 saturated carbocycles. The van der Waals surface area contributed by atoms with Gasteiger partial charge in [-0.15, -0.1) is 0 Å². The molecular weight excluding hydrogens is 611 g/mol. The number of nitrogens with zero attached hydrogens (tertiary/aromatic N) is 3. The third-order valence-electron chi connectivity index (χ3n) is 9.47. The van der Waals surface area contributed by atoms with E-state index in [0.29, 0.717) is 17.5 Å². The summed E-state index contributed by atoms with van der Waals surface area (Å²) in [7, 11) is 0. The van der Waals surface area contributed by atoms with Gasteiger partial charge in [-0.2, -0.15) is 0 Å². The maximum atomic E-state index is 6.57. The number of fused-ring (bicyclic) bond motifs is 2. The Morgan fingerprint density at radius 3 is 1.34 bits per heavy atom. The van der Waals surface area contributed by atoms with Crippen LogP contribution in [0, 0.1) is 0 Å². The first-order valence-corrected chi connectivity index (χ1v) is 16.8. The number of rotatable bonds is 6. The minimum absolute atomic E-state index is 0.622. The fourth-order valence-electron chi connectivity index (χ4n) is 7.26. The highest BCUT2D eigenvalue weighted by Crippen LogP contribution is 2.56. The minimum atomic E-state index is -0.645. The number of aromatic nitrogens is 3. The molecule has 0 saturated heterocycles. The van der Waals surface area contributed by atoms with Gasteiger partial charge in [-0.25, -0.2) is 15.0 Å². The molecule has 0 fully saturated rings. The molecule has 0 unspecified atom stereocenters. The van der Waals surface area contributed by atoms with E-state index in [1.807, 2.05) is 72.8 Å². The third kappa shape index (κ3) is 4.97. The Morgan fingerprint density at radius 1 is 0.340 bits per heavy atom. The van der Waals surface area contributed by atoms with E-state index >= 15 is 0 Å². The van der Waals surface area contributed by atoms with Gasteiger partial charge in [0, 0.05) is 27.8 Å². The fourth-order valence-corrected chi connectivity index (χ4v) is 7.26. The largest absolute Gasteiger partial charge is 0.457 e. The molecular formula is C46H31N3O. The van der Waals surface area contributed by atoms with Crippen LogP contribution >= 0.6 is 0 Å². The smallest absolute Gasteiger partial charge is 0.164 e. The van der Waals surface area contributed by atoms with Gasteiger partial charge in [-0.1, -0.05) is 170 Å². The summed E-state index contributed by atoms with van der Waals surface area (Å²) in [6.07, 6.45) is 0. The highest BCUT2D eigenvalue weighted by atomic mass is 16.5. The maximum Gasteiger partial charge on any atom is 0.164 e. The second-order valence-corrected chi connectivity index (χ2v) is 12.4. The van der Waals surface area contributed by atoms with Crippen LogP contribution in [0.5, 0.6) is 11.5 Å². The van der Waals surface area contributed by atoms with Crippen LogP contribution in [0.2, 0.25) is 0 Å². The molecule has 1 aromatic heterocycles. The van der Waals surface area contributed by atoms with Crippen molar-refractivity contribution in [2.75, 3.05) is 0 Å². The van der Waals surface area contributed by atoms with E-state index in [2.05, 4.69) is 115 Å². The predicted molar refractivity (Wildman–Crippen MR) is 200 cm³/mol. The zero-order valence-corrected chi connectivity index (χ0v) is 27.1. The topological polar surface area (TPSA) is 47.9 Å². The molecule has 1 aliphatic heterocycles. The van der Waals surface area contributed by atoms with Crippen molar-refractivity contribution in [1.29, 1.82) is 0 Å². The van der Waals surface area contributed by atoms with Crippen molar-refractivity contribution < 1.29 is 4.74 Å². The predicted octanol–water partition coefficient (Wildman–Crippen LogP) is 11.0. The van der Waals surface area contributed by atoms with Gasteiger partial charge in [0.1, 0.15) is 11.5 Å². The molecule has 0 aliphatic carbocycles. The van der Waals surface area contributed by atoms with Crippen LogP contribution in [0.15, 0.2) is 188 Å². The second-order valence-electron chi connectivity index (χ2n) is 12.4. The summed E-state index contributed by atoms with van der Waals surface area (Å²) in [6, 6.07) is 65.1. The molecule has 0 radical (unpaired) electrons. The maximum absolute atomic E-state index is 6.57. The molecule has 0 N–H and O–H groups in total. The lowest BCUT2D eigenvalue weighted by atomic mass is 9.62. The van der Waals surface area contributed by atoms with Crippen molar-refractivity contribution in [3.8, 4) is 56.8 Å². The summed E-state index contributed by atoms with van der Waals surface area (Å²) in [5.41, 5.74) is 8.87. The molecule has 236 valence electrons. The lowest BCUT2D eigenvalue weighted by molar-refractivity contribution is 0.434. The summed E-state index contributed by atoms with van der Waals surface area (Å²) >= 11 is 0. The van der Waals surface area contributed by atoms with Gasteiger partial charge in [0.25, 0.3) is 0 Å². The van der Waals surface area contributed by atoms with E-state index in [9.17, 15) is 0 Å². The van der Waals surface area contributed by atoms with Crippen LogP contribution < -0.4 is 4.74 Å². The summed E-state index contributed by atoms with van der Waals surface area (Å²) < 4.78 is 6.57. The van der Waals surface area contributed by atoms with Crippen molar-refractivity contribution >= 4 is 0 Å². The fraction of sp³-hybridized carbons (Fsp3) is 0.0217. The van der Waals surface area contributed by atoms with Crippen molar-refractivity contribution in [2.24, 2.45) is 0 Å². The van der Waals surface area contributed by atoms with Crippen LogP contribution in [0.1, 0.15) is 22.3 Å². The highest BCUT2D eigenvalue weighted by Gasteiger charge is 2.46. The summed E-state index contributed by atoms with van der Waals surface area (Å²) in [5, 5.41) is 0. The lowest BCUT2D eigenvalue weighted by Crippen LogP contribution is -2.34. The standard InChI is InChI=1S/C46H31N3O/c1-4-17-32(18-5-1)43-47-44(33-19-6-2-7-20-33)49-45(48-43)35-22-16-21-34(31-35)37-25-10-11-26-38(37)46(36-23-8-3-9-24-36)39-27-12-14-29-41(39)50-42-30-15-13-28-40(42)46/h1-31H. The normalized spacial score (nSPS) is 12.7. The number of hydrogen-bond donors (Lipinski definition) is 0. The third-order valence-corrected chi connectivity index (χ3v) is 9.47. The molecule has 0 spiro atoms. The average molecular weight is 642 g/mol. The first-order chi connectivity index (χ1) is 24.8. The van der Waals surface area contributed by atoms with Gasteiger partial charge in [0.15, 0.2) is 17.5 Å². The van der Waals surface area contributed by atoms with Gasteiger partial charge in [-0.05, 0) is 40.5 Å². The first kappa shape index (κ1) is 29.5. The molecule has 1 aliphatic rings. The molecule has 0 amide bonds. The van der Waals surface area contributed by atoms with Crippen molar-refractivity contribution in [2.45, 2.75) is 5.41 Å². The summed E-state index contributed by atoms with van der Waals surface area (Å²) in [6.45, 7) is 0. The number of para-hydroxylation sites is 2. The van der Waals surface area contributed by atoms with Crippen LogP contribution in [0.3, 0.4) is 0 Å². The Balaban J connectivity index is 1.27. The number of benzene rings is 7. The Hall–Kier alpha value is -6.65. The quantitative estimate of drug-likeness (QED) is 0.181. The Labute approximate surface area is 291 Å². The van der Waals surface area contributed by atoms with E-state index in [0.717, 1.165) is 56.0 Å². The molecule has 50 heavy (non-hydrogen) atoms. The summed E-state index contributed by atoms with van der Waals surface area (Å²) in [5.74, 6) is 3.60. The average Bonchev–Trinajstić information content (AvgIpc) is 3.21. The van der Waals surface area contributed by atoms with Gasteiger partial charge in [0.2, 0.25) is 0 Å². The van der Waals surface area contributed by atoms with E-state index in [1.165, 1.54) is 5.56 Å². The molecule has 8 aromatic rings. The lowest BCUT2D eigenvalue weighted by Gasteiger charge is -2.42. The van der Waals surface area contributed by atoms with Gasteiger partial charge >= 0.3 is 0 Å². The monoisotopic (exact) mass is 641 g/mol. The zero-order chi connectivity index (χ0) is 33.3. The van der Waals surface area contributed by atoms with Crippen LogP contribution in [0.4, 0.5) is 0 Å². The van der Waals surface area contributed by atoms with Crippen LogP contribution in [-0.2, 0) is 5.41 Å².